The number of nitrogens with zero attached hydrogens (tertiary/aromatic N) is 2. The van der Waals surface area contributed by atoms with Gasteiger partial charge in [0.25, 0.3) is 0 Å². The zero-order valence-electron chi connectivity index (χ0n) is 10.9. The van der Waals surface area contributed by atoms with E-state index in [-0.39, 0.29) is 0 Å². The minimum atomic E-state index is -0.683. The molecule has 0 saturated carbocycles. The summed E-state index contributed by atoms with van der Waals surface area (Å²) >= 11 is 0. The van der Waals surface area contributed by atoms with Crippen molar-refractivity contribution in [3.63, 3.8) is 0 Å². The molecule has 0 radical (unpaired) electrons. The van der Waals surface area contributed by atoms with E-state index < -0.39 is 12.0 Å². The van der Waals surface area contributed by atoms with Gasteiger partial charge in [0.2, 0.25) is 0 Å². The predicted molar refractivity (Wildman–Crippen MR) is 73.8 cm³/mol. The molecule has 1 N–H and O–H groups in total. The van der Waals surface area contributed by atoms with Gasteiger partial charge in [-0.25, -0.2) is 4.79 Å². The molecule has 2 rings (SSSR count). The molecule has 1 unspecified atom stereocenters. The molecule has 5 nitrogen and oxygen atoms in total. The number of carbonyl (C=O) groups is 1. The van der Waals surface area contributed by atoms with Crippen LogP contribution < -0.4 is 5.32 Å². The highest BCUT2D eigenvalue weighted by Gasteiger charge is 2.22. The number of hydrogen-bond donors (Lipinski definition) is 1. The number of aromatic nitrogens is 1. The summed E-state index contributed by atoms with van der Waals surface area (Å²) in [6.07, 6.45) is 3.04. The van der Waals surface area contributed by atoms with E-state index in [1.165, 1.54) is 19.5 Å². The number of methoxy groups -OCH3 is 1. The molecule has 100 valence electrons. The van der Waals surface area contributed by atoms with E-state index in [1.54, 1.807) is 6.07 Å². The zero-order chi connectivity index (χ0) is 14.4. The second-order valence-electron chi connectivity index (χ2n) is 4.04. The molecular formula is C15H13N3O2. The molecule has 2 aromatic rings. The molecule has 1 atom stereocenters. The number of ether oxygens (including phenoxy) is 1. The molecule has 0 bridgehead atoms. The lowest BCUT2D eigenvalue weighted by Crippen LogP contribution is -2.22. The molecule has 20 heavy (non-hydrogen) atoms. The number of esters is 1. The summed E-state index contributed by atoms with van der Waals surface area (Å²) in [5, 5.41) is 12.1. The second kappa shape index (κ2) is 6.34. The Bertz CT molecular complexity index is 635. The first kappa shape index (κ1) is 13.6. The Morgan fingerprint density at radius 1 is 1.35 bits per heavy atom. The van der Waals surface area contributed by atoms with Crippen LogP contribution in [0.2, 0.25) is 0 Å². The van der Waals surface area contributed by atoms with E-state index in [9.17, 15) is 4.79 Å². The van der Waals surface area contributed by atoms with Crippen LogP contribution in [0.3, 0.4) is 0 Å². The number of carbonyl (C=O) groups excluding carboxylic acids is 1. The van der Waals surface area contributed by atoms with Crippen LogP contribution in [-0.4, -0.2) is 18.1 Å². The van der Waals surface area contributed by atoms with E-state index in [0.29, 0.717) is 11.3 Å². The molecule has 5 heteroatoms. The normalized spacial score (nSPS) is 11.2. The molecule has 1 heterocycles. The summed E-state index contributed by atoms with van der Waals surface area (Å²) in [7, 11) is 1.33. The predicted octanol–water partition coefficient (Wildman–Crippen LogP) is 2.28. The third-order valence-electron chi connectivity index (χ3n) is 2.81. The molecule has 1 aromatic carbocycles. The standard InChI is InChI=1S/C15H13N3O2/c1-20-15(19)14(11-5-3-2-4-6-11)18-13-10-17-8-7-12(13)9-16/h2-8,10,14,18H,1H3. The largest absolute Gasteiger partial charge is 0.467 e. The van der Waals surface area contributed by atoms with Crippen LogP contribution in [0.4, 0.5) is 5.69 Å². The first-order valence-corrected chi connectivity index (χ1v) is 5.99. The summed E-state index contributed by atoms with van der Waals surface area (Å²) in [5.74, 6) is -0.427. The number of pyridine rings is 1. The Kier molecular flexibility index (Phi) is 4.30. The van der Waals surface area contributed by atoms with Crippen LogP contribution in [0.1, 0.15) is 17.2 Å². The van der Waals surface area contributed by atoms with Crippen LogP contribution in [-0.2, 0) is 9.53 Å². The van der Waals surface area contributed by atoms with Gasteiger partial charge < -0.3 is 10.1 Å². The third kappa shape index (κ3) is 2.93. The maximum Gasteiger partial charge on any atom is 0.332 e. The van der Waals surface area contributed by atoms with Gasteiger partial charge in [-0.15, -0.1) is 0 Å². The lowest BCUT2D eigenvalue weighted by Gasteiger charge is -2.18. The Morgan fingerprint density at radius 2 is 2.10 bits per heavy atom. The van der Waals surface area contributed by atoms with Crippen molar-refractivity contribution in [1.29, 1.82) is 5.26 Å². The highest BCUT2D eigenvalue weighted by Crippen LogP contribution is 2.22. The fourth-order valence-electron chi connectivity index (χ4n) is 1.80. The van der Waals surface area contributed by atoms with Crippen LogP contribution in [0.25, 0.3) is 0 Å². The SMILES string of the molecule is COC(=O)C(Nc1cnccc1C#N)c1ccccc1. The monoisotopic (exact) mass is 267 g/mol. The molecule has 0 aliphatic carbocycles. The van der Waals surface area contributed by atoms with Crippen molar-refractivity contribution in [3.05, 3.63) is 59.9 Å². The maximum atomic E-state index is 11.9. The molecular weight excluding hydrogens is 254 g/mol. The van der Waals surface area contributed by atoms with Crippen molar-refractivity contribution in [2.75, 3.05) is 12.4 Å². The van der Waals surface area contributed by atoms with Gasteiger partial charge in [0, 0.05) is 6.20 Å². The zero-order valence-corrected chi connectivity index (χ0v) is 10.9. The highest BCUT2D eigenvalue weighted by molar-refractivity contribution is 5.81. The quantitative estimate of drug-likeness (QED) is 0.860. The number of anilines is 1. The van der Waals surface area contributed by atoms with Gasteiger partial charge in [-0.3, -0.25) is 4.98 Å². The summed E-state index contributed by atoms with van der Waals surface area (Å²) in [5.41, 5.74) is 1.67. The first-order chi connectivity index (χ1) is 9.76. The number of nitriles is 1. The fourth-order valence-corrected chi connectivity index (χ4v) is 1.80. The molecule has 0 amide bonds. The van der Waals surface area contributed by atoms with Gasteiger partial charge in [-0.2, -0.15) is 5.26 Å². The summed E-state index contributed by atoms with van der Waals surface area (Å²) < 4.78 is 4.81. The van der Waals surface area contributed by atoms with Crippen LogP contribution in [0, 0.1) is 11.3 Å². The van der Waals surface area contributed by atoms with Crippen molar-refractivity contribution in [1.82, 2.24) is 4.98 Å². The van der Waals surface area contributed by atoms with Gasteiger partial charge in [0.05, 0.1) is 24.6 Å². The first-order valence-electron chi connectivity index (χ1n) is 5.99. The smallest absolute Gasteiger partial charge is 0.332 e. The third-order valence-corrected chi connectivity index (χ3v) is 2.81. The Hall–Kier alpha value is -2.87. The number of rotatable bonds is 4. The number of nitrogens with one attached hydrogen (secondary N) is 1. The van der Waals surface area contributed by atoms with E-state index in [4.69, 9.17) is 10.00 Å². The number of benzene rings is 1. The van der Waals surface area contributed by atoms with E-state index in [1.807, 2.05) is 30.3 Å². The fraction of sp³-hybridized carbons (Fsp3) is 0.133. The van der Waals surface area contributed by atoms with Crippen molar-refractivity contribution in [2.24, 2.45) is 0 Å². The van der Waals surface area contributed by atoms with Crippen LogP contribution in [0.15, 0.2) is 48.8 Å². The number of hydrogen-bond acceptors (Lipinski definition) is 5. The maximum absolute atomic E-state index is 11.9. The molecule has 1 aromatic heterocycles. The van der Waals surface area contributed by atoms with Gasteiger partial charge in [-0.05, 0) is 11.6 Å². The van der Waals surface area contributed by atoms with Gasteiger partial charge in [-0.1, -0.05) is 30.3 Å². The second-order valence-corrected chi connectivity index (χ2v) is 4.04. The Morgan fingerprint density at radius 3 is 2.75 bits per heavy atom. The molecule has 0 saturated heterocycles. The average molecular weight is 267 g/mol. The molecule has 0 spiro atoms. The average Bonchev–Trinajstić information content (AvgIpc) is 2.53. The van der Waals surface area contributed by atoms with Gasteiger partial charge in [0.1, 0.15) is 6.07 Å². The summed E-state index contributed by atoms with van der Waals surface area (Å²) in [6, 6.07) is 12.1. The minimum Gasteiger partial charge on any atom is -0.467 e. The topological polar surface area (TPSA) is 75.0 Å². The van der Waals surface area contributed by atoms with Crippen LogP contribution >= 0.6 is 0 Å². The summed E-state index contributed by atoms with van der Waals surface area (Å²) in [4.78, 5) is 15.9. The summed E-state index contributed by atoms with van der Waals surface area (Å²) in [6.45, 7) is 0. The van der Waals surface area contributed by atoms with Crippen molar-refractivity contribution < 1.29 is 9.53 Å². The van der Waals surface area contributed by atoms with E-state index in [2.05, 4.69) is 16.4 Å². The van der Waals surface area contributed by atoms with Crippen LogP contribution in [0.5, 0.6) is 0 Å². The Balaban J connectivity index is 2.34. The van der Waals surface area contributed by atoms with E-state index >= 15 is 0 Å². The highest BCUT2D eigenvalue weighted by atomic mass is 16.5. The minimum absolute atomic E-state index is 0.421. The van der Waals surface area contributed by atoms with Crippen molar-refractivity contribution in [2.45, 2.75) is 6.04 Å². The van der Waals surface area contributed by atoms with Gasteiger partial charge in [0.15, 0.2) is 6.04 Å². The van der Waals surface area contributed by atoms with Gasteiger partial charge >= 0.3 is 5.97 Å². The van der Waals surface area contributed by atoms with Crippen molar-refractivity contribution >= 4 is 11.7 Å². The molecule has 0 fully saturated rings. The van der Waals surface area contributed by atoms with Crippen molar-refractivity contribution in [3.8, 4) is 6.07 Å². The van der Waals surface area contributed by atoms with E-state index in [0.717, 1.165) is 5.56 Å². The lowest BCUT2D eigenvalue weighted by atomic mass is 10.1. The lowest BCUT2D eigenvalue weighted by molar-refractivity contribution is -0.141. The Labute approximate surface area is 116 Å². The molecule has 0 aliphatic rings. The molecule has 0 aliphatic heterocycles.